The molecule has 1 aromatic rings. The van der Waals surface area contributed by atoms with Crippen molar-refractivity contribution in [1.29, 1.82) is 0 Å². The van der Waals surface area contributed by atoms with Crippen LogP contribution in [0.1, 0.15) is 67.3 Å². The first-order valence-electron chi connectivity index (χ1n) is 7.99. The maximum atomic E-state index is 12.6. The predicted molar refractivity (Wildman–Crippen MR) is 88.0 cm³/mol. The number of benzene rings is 1. The third kappa shape index (κ3) is 2.98. The van der Waals surface area contributed by atoms with Crippen molar-refractivity contribution in [3.63, 3.8) is 0 Å². The molecule has 0 saturated heterocycles. The molecule has 6 nitrogen and oxygen atoms in total. The normalized spacial score (nSPS) is 18.9. The molecule has 2 rings (SSSR count). The number of fused-ring (bicyclic) bond motifs is 1. The summed E-state index contributed by atoms with van der Waals surface area (Å²) in [4.78, 5) is 24.5. The second-order valence-electron chi connectivity index (χ2n) is 7.26. The summed E-state index contributed by atoms with van der Waals surface area (Å²) in [6, 6.07) is 0. The summed E-state index contributed by atoms with van der Waals surface area (Å²) in [7, 11) is 0. The van der Waals surface area contributed by atoms with Crippen molar-refractivity contribution in [3.8, 4) is 17.2 Å². The van der Waals surface area contributed by atoms with Crippen LogP contribution in [0.4, 0.5) is 0 Å². The smallest absolute Gasteiger partial charge is 0.170 e. The van der Waals surface area contributed by atoms with E-state index in [1.54, 1.807) is 13.8 Å². The van der Waals surface area contributed by atoms with Crippen LogP contribution in [-0.4, -0.2) is 38.6 Å². The molecule has 1 aromatic carbocycles. The molecule has 6 heteroatoms. The fourth-order valence-electron chi connectivity index (χ4n) is 2.89. The molecule has 3 N–H and O–H groups in total. The largest absolute Gasteiger partial charge is 0.507 e. The zero-order valence-electron chi connectivity index (χ0n) is 14.6. The zero-order chi connectivity index (χ0) is 18.4. The molecule has 1 aliphatic heterocycles. The van der Waals surface area contributed by atoms with E-state index >= 15 is 0 Å². The standard InChI is InChI=1S/C18H24O6/c1-8(2)6-11(20)14-16(23)13(9(3)19)15(22)10-7-12(21)18(4,5)24-17(10)14/h8,12,21-23H,6-7H2,1-5H3. The van der Waals surface area contributed by atoms with E-state index < -0.39 is 29.0 Å². The monoisotopic (exact) mass is 336 g/mol. The summed E-state index contributed by atoms with van der Waals surface area (Å²) in [5, 5.41) is 31.1. The van der Waals surface area contributed by atoms with Gasteiger partial charge in [0, 0.05) is 18.4 Å². The van der Waals surface area contributed by atoms with E-state index in [9.17, 15) is 24.9 Å². The first-order chi connectivity index (χ1) is 11.0. The molecule has 132 valence electrons. The Morgan fingerprint density at radius 3 is 2.29 bits per heavy atom. The number of aromatic hydroxyl groups is 2. The third-order valence-electron chi connectivity index (χ3n) is 4.29. The number of aliphatic hydroxyl groups is 1. The van der Waals surface area contributed by atoms with Crippen LogP contribution in [0, 0.1) is 5.92 Å². The number of ketones is 2. The Morgan fingerprint density at radius 2 is 1.79 bits per heavy atom. The van der Waals surface area contributed by atoms with Gasteiger partial charge in [-0.1, -0.05) is 13.8 Å². The summed E-state index contributed by atoms with van der Waals surface area (Å²) in [6.07, 6.45) is -0.737. The molecule has 24 heavy (non-hydrogen) atoms. The lowest BCUT2D eigenvalue weighted by Crippen LogP contribution is -2.46. The first-order valence-corrected chi connectivity index (χ1v) is 7.99. The molecular weight excluding hydrogens is 312 g/mol. The van der Waals surface area contributed by atoms with Gasteiger partial charge < -0.3 is 20.1 Å². The van der Waals surface area contributed by atoms with Gasteiger partial charge in [-0.15, -0.1) is 0 Å². The summed E-state index contributed by atoms with van der Waals surface area (Å²) >= 11 is 0. The molecule has 0 amide bonds. The van der Waals surface area contributed by atoms with Gasteiger partial charge in [0.25, 0.3) is 0 Å². The molecule has 1 atom stereocenters. The minimum atomic E-state index is -0.990. The molecular formula is C18H24O6. The van der Waals surface area contributed by atoms with E-state index in [4.69, 9.17) is 4.74 Å². The highest BCUT2D eigenvalue weighted by Gasteiger charge is 2.41. The van der Waals surface area contributed by atoms with Gasteiger partial charge in [-0.25, -0.2) is 0 Å². The van der Waals surface area contributed by atoms with Gasteiger partial charge in [0.1, 0.15) is 34.0 Å². The van der Waals surface area contributed by atoms with Gasteiger partial charge in [0.15, 0.2) is 11.6 Å². The molecule has 0 radical (unpaired) electrons. The minimum absolute atomic E-state index is 0.0245. The van der Waals surface area contributed by atoms with E-state index in [1.807, 2.05) is 13.8 Å². The van der Waals surface area contributed by atoms with Crippen molar-refractivity contribution in [2.24, 2.45) is 5.92 Å². The van der Waals surface area contributed by atoms with Crippen LogP contribution in [-0.2, 0) is 6.42 Å². The first kappa shape index (κ1) is 18.3. The molecule has 0 aliphatic carbocycles. The summed E-state index contributed by atoms with van der Waals surface area (Å²) in [5.74, 6) is -1.83. The molecule has 0 fully saturated rings. The van der Waals surface area contributed by atoms with E-state index in [1.165, 1.54) is 6.92 Å². The second kappa shape index (κ2) is 6.09. The van der Waals surface area contributed by atoms with Crippen molar-refractivity contribution in [1.82, 2.24) is 0 Å². The minimum Gasteiger partial charge on any atom is -0.507 e. The predicted octanol–water partition coefficient (Wildman–Crippen LogP) is 2.60. The third-order valence-corrected chi connectivity index (χ3v) is 4.29. The Hall–Kier alpha value is -2.08. The molecule has 1 unspecified atom stereocenters. The fourth-order valence-corrected chi connectivity index (χ4v) is 2.89. The van der Waals surface area contributed by atoms with E-state index in [-0.39, 0.29) is 47.0 Å². The summed E-state index contributed by atoms with van der Waals surface area (Å²) in [6.45, 7) is 8.24. The van der Waals surface area contributed by atoms with Crippen LogP contribution < -0.4 is 4.74 Å². The van der Waals surface area contributed by atoms with Gasteiger partial charge in [-0.3, -0.25) is 9.59 Å². The maximum Gasteiger partial charge on any atom is 0.170 e. The Kier molecular flexibility index (Phi) is 4.63. The highest BCUT2D eigenvalue weighted by molar-refractivity contribution is 6.09. The van der Waals surface area contributed by atoms with Gasteiger partial charge in [-0.05, 0) is 26.7 Å². The summed E-state index contributed by atoms with van der Waals surface area (Å²) in [5.41, 5.74) is -1.22. The number of phenols is 2. The lowest BCUT2D eigenvalue weighted by Gasteiger charge is -2.38. The number of carbonyl (C=O) groups excluding carboxylic acids is 2. The Morgan fingerprint density at radius 1 is 1.21 bits per heavy atom. The number of hydrogen-bond donors (Lipinski definition) is 3. The Bertz CT molecular complexity index is 702. The van der Waals surface area contributed by atoms with Crippen molar-refractivity contribution >= 4 is 11.6 Å². The van der Waals surface area contributed by atoms with Crippen molar-refractivity contribution in [2.75, 3.05) is 0 Å². The van der Waals surface area contributed by atoms with Gasteiger partial charge in [0.2, 0.25) is 0 Å². The van der Waals surface area contributed by atoms with Crippen LogP contribution in [0.2, 0.25) is 0 Å². The molecule has 0 saturated carbocycles. The number of phenolic OH excluding ortho intramolecular Hbond substituents is 2. The molecule has 0 spiro atoms. The Labute approximate surface area is 141 Å². The fraction of sp³-hybridized carbons (Fsp3) is 0.556. The van der Waals surface area contributed by atoms with Crippen LogP contribution in [0.3, 0.4) is 0 Å². The maximum absolute atomic E-state index is 12.6. The van der Waals surface area contributed by atoms with Gasteiger partial charge in [-0.2, -0.15) is 0 Å². The van der Waals surface area contributed by atoms with Crippen LogP contribution in [0.15, 0.2) is 0 Å². The quantitative estimate of drug-likeness (QED) is 0.730. The topological polar surface area (TPSA) is 104 Å². The van der Waals surface area contributed by atoms with Gasteiger partial charge in [0.05, 0.1) is 6.10 Å². The lowest BCUT2D eigenvalue weighted by molar-refractivity contribution is -0.0422. The number of ether oxygens (including phenoxy) is 1. The summed E-state index contributed by atoms with van der Waals surface area (Å²) < 4.78 is 5.76. The SMILES string of the molecule is CC(=O)c1c(O)c2c(c(C(=O)CC(C)C)c1O)OC(C)(C)C(O)C2. The van der Waals surface area contributed by atoms with Crippen LogP contribution >= 0.6 is 0 Å². The number of Topliss-reactive ketones (excluding diaryl/α,β-unsaturated/α-hetero) is 2. The van der Waals surface area contributed by atoms with Crippen LogP contribution in [0.25, 0.3) is 0 Å². The number of hydrogen-bond acceptors (Lipinski definition) is 6. The average molecular weight is 336 g/mol. The van der Waals surface area contributed by atoms with Crippen molar-refractivity contribution in [2.45, 2.75) is 59.2 Å². The number of carbonyl (C=O) groups is 2. The molecule has 0 aromatic heterocycles. The zero-order valence-corrected chi connectivity index (χ0v) is 14.6. The molecule has 1 aliphatic rings. The van der Waals surface area contributed by atoms with E-state index in [0.717, 1.165) is 0 Å². The van der Waals surface area contributed by atoms with E-state index in [0.29, 0.717) is 0 Å². The number of rotatable bonds is 4. The number of aliphatic hydroxyl groups excluding tert-OH is 1. The highest BCUT2D eigenvalue weighted by Crippen LogP contribution is 2.48. The van der Waals surface area contributed by atoms with E-state index in [2.05, 4.69) is 0 Å². The average Bonchev–Trinajstić information content (AvgIpc) is 2.39. The van der Waals surface area contributed by atoms with Crippen molar-refractivity contribution in [3.05, 3.63) is 16.7 Å². The van der Waals surface area contributed by atoms with Gasteiger partial charge >= 0.3 is 0 Å². The molecule has 1 heterocycles. The second-order valence-corrected chi connectivity index (χ2v) is 7.26. The lowest BCUT2D eigenvalue weighted by atomic mass is 9.85. The Balaban J connectivity index is 2.78. The van der Waals surface area contributed by atoms with Crippen molar-refractivity contribution < 1.29 is 29.6 Å². The molecule has 0 bridgehead atoms. The highest BCUT2D eigenvalue weighted by atomic mass is 16.5. The van der Waals surface area contributed by atoms with Crippen LogP contribution in [0.5, 0.6) is 17.2 Å².